The van der Waals surface area contributed by atoms with Gasteiger partial charge in [-0.25, -0.2) is 0 Å². The number of ether oxygens (including phenoxy) is 1. The molecule has 1 saturated heterocycles. The molecule has 2 aromatic rings. The number of aliphatic hydroxyl groups is 1. The number of H-pyrrole nitrogens is 1. The van der Waals surface area contributed by atoms with Crippen molar-refractivity contribution in [3.8, 4) is 0 Å². The third-order valence-electron chi connectivity index (χ3n) is 9.93. The minimum Gasteiger partial charge on any atom is -0.468 e. The van der Waals surface area contributed by atoms with E-state index in [0.29, 0.717) is 6.42 Å². The zero-order chi connectivity index (χ0) is 22.4. The van der Waals surface area contributed by atoms with Crippen LogP contribution in [-0.4, -0.2) is 33.2 Å². The first-order valence-corrected chi connectivity index (χ1v) is 11.8. The van der Waals surface area contributed by atoms with Gasteiger partial charge in [-0.2, -0.15) is 7.05 Å². The lowest BCUT2D eigenvalue weighted by molar-refractivity contribution is -0.721. The number of aromatic amines is 1. The Kier molecular flexibility index (Phi) is 3.54. The summed E-state index contributed by atoms with van der Waals surface area (Å²) in [5.74, 6) is -0.0834. The van der Waals surface area contributed by atoms with E-state index in [-0.39, 0.29) is 34.3 Å². The highest BCUT2D eigenvalue weighted by Crippen LogP contribution is 2.71. The molecule has 0 radical (unpaired) electrons. The number of quaternary nitrogens is 1. The average molecular weight is 441 g/mol. The SMILES string of the molecule is C=CC1(C)C(Cl)CC2C(C)(C)c3cccc4[nH]c5c(c34)C2(O)C1([NH2+][CH2-])C1OC1C5(C)C. The molecule has 2 heterocycles. The molecule has 4 nitrogen and oxygen atoms in total. The zero-order valence-corrected chi connectivity index (χ0v) is 19.8. The summed E-state index contributed by atoms with van der Waals surface area (Å²) in [4.78, 5) is 3.73. The predicted octanol–water partition coefficient (Wildman–Crippen LogP) is 3.62. The van der Waals surface area contributed by atoms with Crippen LogP contribution < -0.4 is 5.32 Å². The monoisotopic (exact) mass is 440 g/mol. The summed E-state index contributed by atoms with van der Waals surface area (Å²) in [5.41, 5.74) is 1.40. The van der Waals surface area contributed by atoms with Crippen LogP contribution in [0, 0.1) is 18.4 Å². The van der Waals surface area contributed by atoms with E-state index in [1.54, 1.807) is 0 Å². The molecule has 1 saturated carbocycles. The fraction of sp³-hybridized carbons (Fsp3) is 0.577. The highest BCUT2D eigenvalue weighted by Gasteiger charge is 2.83. The third-order valence-corrected chi connectivity index (χ3v) is 10.6. The highest BCUT2D eigenvalue weighted by atomic mass is 35.5. The van der Waals surface area contributed by atoms with E-state index in [9.17, 15) is 5.11 Å². The van der Waals surface area contributed by atoms with Gasteiger partial charge in [0.1, 0.15) is 17.7 Å². The first kappa shape index (κ1) is 20.3. The van der Waals surface area contributed by atoms with Gasteiger partial charge in [0.25, 0.3) is 0 Å². The number of halogens is 1. The van der Waals surface area contributed by atoms with Gasteiger partial charge >= 0.3 is 0 Å². The molecule has 4 aliphatic rings. The predicted molar refractivity (Wildman–Crippen MR) is 123 cm³/mol. The molecule has 2 fully saturated rings. The lowest BCUT2D eigenvalue weighted by Gasteiger charge is -2.66. The quantitative estimate of drug-likeness (QED) is 0.289. The van der Waals surface area contributed by atoms with Crippen molar-refractivity contribution < 1.29 is 15.2 Å². The number of epoxide rings is 1. The molecule has 0 bridgehead atoms. The van der Waals surface area contributed by atoms with Gasteiger partial charge in [-0.15, -0.1) is 18.2 Å². The normalized spacial score (nSPS) is 45.7. The van der Waals surface area contributed by atoms with E-state index in [4.69, 9.17) is 16.3 Å². The summed E-state index contributed by atoms with van der Waals surface area (Å²) in [6.07, 6.45) is 2.45. The van der Waals surface area contributed by atoms with Crippen LogP contribution in [0.3, 0.4) is 0 Å². The van der Waals surface area contributed by atoms with Gasteiger partial charge in [0, 0.05) is 38.9 Å². The van der Waals surface area contributed by atoms with Gasteiger partial charge < -0.3 is 20.1 Å². The number of aromatic nitrogens is 1. The molecular weight excluding hydrogens is 408 g/mol. The number of alkyl halides is 1. The lowest BCUT2D eigenvalue weighted by Crippen LogP contribution is -3.05. The first-order valence-electron chi connectivity index (χ1n) is 11.4. The van der Waals surface area contributed by atoms with E-state index >= 15 is 0 Å². The molecule has 0 amide bonds. The van der Waals surface area contributed by atoms with Crippen molar-refractivity contribution in [1.29, 1.82) is 0 Å². The molecule has 166 valence electrons. The zero-order valence-electron chi connectivity index (χ0n) is 19.1. The Morgan fingerprint density at radius 2 is 1.94 bits per heavy atom. The molecule has 4 N–H and O–H groups in total. The molecule has 7 atom stereocenters. The molecule has 31 heavy (non-hydrogen) atoms. The number of hydrogen-bond donors (Lipinski definition) is 3. The van der Waals surface area contributed by atoms with Crippen LogP contribution in [0.2, 0.25) is 0 Å². The number of nitrogens with two attached hydrogens (primary N) is 1. The number of hydrogen-bond acceptors (Lipinski definition) is 2. The molecule has 3 aliphatic carbocycles. The largest absolute Gasteiger partial charge is 0.468 e. The van der Waals surface area contributed by atoms with Crippen molar-refractivity contribution >= 4 is 22.5 Å². The van der Waals surface area contributed by atoms with Gasteiger partial charge in [0.15, 0.2) is 5.60 Å². The van der Waals surface area contributed by atoms with E-state index < -0.39 is 16.6 Å². The number of fused-ring (bicyclic) bond motifs is 2. The van der Waals surface area contributed by atoms with Crippen molar-refractivity contribution in [2.24, 2.45) is 11.3 Å². The second kappa shape index (κ2) is 5.41. The smallest absolute Gasteiger partial charge is 0.151 e. The molecule has 6 rings (SSSR count). The van der Waals surface area contributed by atoms with Crippen LogP contribution in [0.1, 0.15) is 57.9 Å². The van der Waals surface area contributed by atoms with Crippen molar-refractivity contribution in [2.45, 2.75) is 80.6 Å². The van der Waals surface area contributed by atoms with Gasteiger partial charge in [0.2, 0.25) is 0 Å². The molecule has 1 aliphatic heterocycles. The maximum atomic E-state index is 13.2. The summed E-state index contributed by atoms with van der Waals surface area (Å²) < 4.78 is 6.48. The van der Waals surface area contributed by atoms with Crippen LogP contribution >= 0.6 is 11.6 Å². The fourth-order valence-corrected chi connectivity index (χ4v) is 8.52. The Labute approximate surface area is 189 Å². The average Bonchev–Trinajstić information content (AvgIpc) is 3.43. The summed E-state index contributed by atoms with van der Waals surface area (Å²) >= 11 is 7.21. The number of nitrogens with one attached hydrogen (secondary N) is 1. The summed E-state index contributed by atoms with van der Waals surface area (Å²) in [7, 11) is 4.33. The van der Waals surface area contributed by atoms with Crippen LogP contribution in [0.5, 0.6) is 0 Å². The van der Waals surface area contributed by atoms with Crippen LogP contribution in [0.4, 0.5) is 0 Å². The standard InChI is InChI=1S/C26H33ClN2O2/c1-8-24(6)16(27)12-15-22(2,3)13-10-9-11-14-17(13)18-19(29-14)23(4,5)20-21(31-20)26(24,28-7)25(15,18)30/h8-11,15-16,20-21,29-30H,1,7,12,28H2,2-6H3. The number of benzene rings is 1. The van der Waals surface area contributed by atoms with Crippen molar-refractivity contribution in [3.05, 3.63) is 54.7 Å². The van der Waals surface area contributed by atoms with Crippen LogP contribution in [-0.2, 0) is 21.2 Å². The van der Waals surface area contributed by atoms with Crippen molar-refractivity contribution in [1.82, 2.24) is 4.98 Å². The van der Waals surface area contributed by atoms with Crippen LogP contribution in [0.15, 0.2) is 30.9 Å². The summed E-state index contributed by atoms with van der Waals surface area (Å²) in [5, 5.41) is 16.2. The Hall–Kier alpha value is -1.33. The maximum absolute atomic E-state index is 13.2. The first-order chi connectivity index (χ1) is 14.4. The van der Waals surface area contributed by atoms with Gasteiger partial charge in [0.05, 0.1) is 5.41 Å². The maximum Gasteiger partial charge on any atom is 0.151 e. The Balaban J connectivity index is 1.86. The van der Waals surface area contributed by atoms with Gasteiger partial charge in [-0.05, 0) is 30.4 Å². The summed E-state index contributed by atoms with van der Waals surface area (Å²) in [6, 6.07) is 6.48. The fourth-order valence-electron chi connectivity index (χ4n) is 8.08. The topological polar surface area (TPSA) is 65.2 Å². The minimum absolute atomic E-state index is 0.0297. The minimum atomic E-state index is -1.18. The van der Waals surface area contributed by atoms with E-state index in [1.165, 1.54) is 10.9 Å². The second-order valence-electron chi connectivity index (χ2n) is 11.6. The van der Waals surface area contributed by atoms with Crippen LogP contribution in [0.25, 0.3) is 10.9 Å². The Morgan fingerprint density at radius 1 is 1.23 bits per heavy atom. The van der Waals surface area contributed by atoms with Gasteiger partial charge in [-0.3, -0.25) is 0 Å². The van der Waals surface area contributed by atoms with E-state index in [2.05, 4.69) is 71.4 Å². The van der Waals surface area contributed by atoms with E-state index in [0.717, 1.165) is 16.8 Å². The number of rotatable bonds is 2. The molecule has 1 aromatic carbocycles. The molecule has 0 spiro atoms. The van der Waals surface area contributed by atoms with Crippen molar-refractivity contribution in [3.63, 3.8) is 0 Å². The Morgan fingerprint density at radius 3 is 2.58 bits per heavy atom. The van der Waals surface area contributed by atoms with Crippen molar-refractivity contribution in [2.75, 3.05) is 0 Å². The van der Waals surface area contributed by atoms with Gasteiger partial charge in [-0.1, -0.05) is 45.9 Å². The third kappa shape index (κ3) is 1.79. The summed E-state index contributed by atoms with van der Waals surface area (Å²) in [6.45, 7) is 15.3. The molecule has 7 unspecified atom stereocenters. The van der Waals surface area contributed by atoms with E-state index in [1.807, 2.05) is 11.4 Å². The lowest BCUT2D eigenvalue weighted by atomic mass is 9.42. The Bertz CT molecular complexity index is 1150. The molecule has 1 aromatic heterocycles. The second-order valence-corrected chi connectivity index (χ2v) is 12.1. The molecular formula is C26H33ClN2O2. The highest BCUT2D eigenvalue weighted by molar-refractivity contribution is 6.21. The molecule has 5 heteroatoms.